The van der Waals surface area contributed by atoms with Crippen molar-refractivity contribution in [2.24, 2.45) is 0 Å². The number of aliphatic hydroxyl groups is 1. The Morgan fingerprint density at radius 1 is 1.33 bits per heavy atom. The zero-order valence-corrected chi connectivity index (χ0v) is 11.3. The number of sulfonamides is 1. The van der Waals surface area contributed by atoms with Gasteiger partial charge in [0.1, 0.15) is 4.90 Å². The predicted molar refractivity (Wildman–Crippen MR) is 69.9 cm³/mol. The topological polar surface area (TPSA) is 83.6 Å². The third-order valence-electron chi connectivity index (χ3n) is 3.02. The van der Waals surface area contributed by atoms with Crippen LogP contribution in [0, 0.1) is 0 Å². The Bertz CT molecular complexity index is 519. The number of nitrogens with zero attached hydrogens (tertiary/aromatic N) is 1. The van der Waals surface area contributed by atoms with Crippen LogP contribution in [0.5, 0.6) is 0 Å². The van der Waals surface area contributed by atoms with Gasteiger partial charge in [-0.15, -0.1) is 0 Å². The van der Waals surface area contributed by atoms with Crippen molar-refractivity contribution in [2.45, 2.75) is 23.8 Å². The first kappa shape index (κ1) is 13.6. The molecular formula is C11H15ClN2O3S. The van der Waals surface area contributed by atoms with Gasteiger partial charge in [-0.05, 0) is 25.0 Å². The summed E-state index contributed by atoms with van der Waals surface area (Å²) >= 11 is 5.93. The van der Waals surface area contributed by atoms with Crippen LogP contribution in [0.15, 0.2) is 23.1 Å². The quantitative estimate of drug-likeness (QED) is 0.798. The number of nitrogens with two attached hydrogens (primary N) is 1. The monoisotopic (exact) mass is 290 g/mol. The Balaban J connectivity index is 2.37. The average molecular weight is 291 g/mol. The molecule has 18 heavy (non-hydrogen) atoms. The summed E-state index contributed by atoms with van der Waals surface area (Å²) in [7, 11) is -3.68. The van der Waals surface area contributed by atoms with Crippen molar-refractivity contribution in [1.29, 1.82) is 0 Å². The van der Waals surface area contributed by atoms with E-state index < -0.39 is 16.1 Å². The van der Waals surface area contributed by atoms with E-state index >= 15 is 0 Å². The maximum Gasteiger partial charge on any atom is 0.246 e. The second-order valence-corrected chi connectivity index (χ2v) is 6.58. The summed E-state index contributed by atoms with van der Waals surface area (Å²) in [5.74, 6) is 0. The summed E-state index contributed by atoms with van der Waals surface area (Å²) in [4.78, 5) is -0.0388. The molecule has 0 aliphatic carbocycles. The van der Waals surface area contributed by atoms with Crippen LogP contribution < -0.4 is 5.73 Å². The second-order valence-electron chi connectivity index (χ2n) is 4.29. The maximum atomic E-state index is 12.4. The summed E-state index contributed by atoms with van der Waals surface area (Å²) in [6, 6.07) is 4.62. The number of anilines is 1. The molecule has 0 saturated carbocycles. The fraction of sp³-hybridized carbons (Fsp3) is 0.455. The molecule has 0 aromatic heterocycles. The summed E-state index contributed by atoms with van der Waals surface area (Å²) in [6.45, 7) is 0.572. The van der Waals surface area contributed by atoms with Crippen LogP contribution in [0.1, 0.15) is 12.8 Å². The van der Waals surface area contributed by atoms with Crippen molar-refractivity contribution in [2.75, 3.05) is 18.8 Å². The minimum absolute atomic E-state index is 0.0388. The number of piperidine rings is 1. The van der Waals surface area contributed by atoms with Gasteiger partial charge in [-0.25, -0.2) is 8.42 Å². The van der Waals surface area contributed by atoms with Crippen LogP contribution in [-0.2, 0) is 10.0 Å². The Labute approximate surface area is 111 Å². The van der Waals surface area contributed by atoms with Crippen LogP contribution in [-0.4, -0.2) is 37.0 Å². The smallest absolute Gasteiger partial charge is 0.246 e. The third-order valence-corrected chi connectivity index (χ3v) is 5.46. The molecule has 1 fully saturated rings. The van der Waals surface area contributed by atoms with Gasteiger partial charge in [-0.1, -0.05) is 17.7 Å². The van der Waals surface area contributed by atoms with Crippen molar-refractivity contribution in [3.63, 3.8) is 0 Å². The molecule has 0 spiro atoms. The van der Waals surface area contributed by atoms with E-state index in [-0.39, 0.29) is 28.7 Å². The van der Waals surface area contributed by atoms with E-state index in [1.165, 1.54) is 16.4 Å². The van der Waals surface area contributed by atoms with Crippen LogP contribution in [0.3, 0.4) is 0 Å². The highest BCUT2D eigenvalue weighted by molar-refractivity contribution is 7.89. The van der Waals surface area contributed by atoms with Gasteiger partial charge in [0.15, 0.2) is 0 Å². The minimum atomic E-state index is -3.68. The second kappa shape index (κ2) is 5.05. The molecule has 1 heterocycles. The van der Waals surface area contributed by atoms with Gasteiger partial charge < -0.3 is 10.8 Å². The number of hydrogen-bond acceptors (Lipinski definition) is 4. The Morgan fingerprint density at radius 3 is 2.50 bits per heavy atom. The Hall–Kier alpha value is -0.820. The van der Waals surface area contributed by atoms with Gasteiger partial charge in [0.25, 0.3) is 0 Å². The first-order valence-electron chi connectivity index (χ1n) is 5.65. The summed E-state index contributed by atoms with van der Waals surface area (Å²) in [6.07, 6.45) is 0.438. The van der Waals surface area contributed by atoms with Crippen molar-refractivity contribution >= 4 is 27.3 Å². The molecular weight excluding hydrogens is 276 g/mol. The molecule has 1 aliphatic heterocycles. The number of benzene rings is 1. The van der Waals surface area contributed by atoms with Crippen molar-refractivity contribution < 1.29 is 13.5 Å². The van der Waals surface area contributed by atoms with Crippen molar-refractivity contribution in [1.82, 2.24) is 4.31 Å². The van der Waals surface area contributed by atoms with Crippen molar-refractivity contribution in [3.05, 3.63) is 23.2 Å². The molecule has 0 amide bonds. The molecule has 0 atom stereocenters. The van der Waals surface area contributed by atoms with Crippen LogP contribution >= 0.6 is 11.6 Å². The van der Waals surface area contributed by atoms with Gasteiger partial charge in [0.2, 0.25) is 10.0 Å². The van der Waals surface area contributed by atoms with Crippen LogP contribution in [0.2, 0.25) is 5.02 Å². The van der Waals surface area contributed by atoms with E-state index in [4.69, 9.17) is 17.3 Å². The molecule has 5 nitrogen and oxygen atoms in total. The highest BCUT2D eigenvalue weighted by atomic mass is 35.5. The standard InChI is InChI=1S/C11H15ClN2O3S/c12-9-2-1-3-10(13)11(9)18(16,17)14-6-4-8(15)5-7-14/h1-3,8,15H,4-7,13H2. The molecule has 2 rings (SSSR count). The van der Waals surface area contributed by atoms with E-state index in [0.29, 0.717) is 12.8 Å². The zero-order chi connectivity index (χ0) is 13.3. The lowest BCUT2D eigenvalue weighted by Crippen LogP contribution is -2.40. The van der Waals surface area contributed by atoms with Crippen LogP contribution in [0.4, 0.5) is 5.69 Å². The lowest BCUT2D eigenvalue weighted by atomic mass is 10.1. The molecule has 0 bridgehead atoms. The lowest BCUT2D eigenvalue weighted by molar-refractivity contribution is 0.113. The minimum Gasteiger partial charge on any atom is -0.398 e. The summed E-state index contributed by atoms with van der Waals surface area (Å²) < 4.78 is 26.1. The molecule has 100 valence electrons. The Morgan fingerprint density at radius 2 is 1.94 bits per heavy atom. The highest BCUT2D eigenvalue weighted by Crippen LogP contribution is 2.31. The average Bonchev–Trinajstić information content (AvgIpc) is 2.29. The molecule has 7 heteroatoms. The fourth-order valence-corrected chi connectivity index (χ4v) is 4.11. The van der Waals surface area contributed by atoms with E-state index in [0.717, 1.165) is 0 Å². The SMILES string of the molecule is Nc1cccc(Cl)c1S(=O)(=O)N1CCC(O)CC1. The molecule has 1 aromatic rings. The first-order chi connectivity index (χ1) is 8.43. The number of aliphatic hydroxyl groups excluding tert-OH is 1. The maximum absolute atomic E-state index is 12.4. The zero-order valence-electron chi connectivity index (χ0n) is 9.71. The van der Waals surface area contributed by atoms with Gasteiger partial charge in [0.05, 0.1) is 16.8 Å². The predicted octanol–water partition coefficient (Wildman–Crippen LogP) is 1.07. The molecule has 0 unspecified atom stereocenters. The van der Waals surface area contributed by atoms with E-state index in [2.05, 4.69) is 0 Å². The third kappa shape index (κ3) is 2.47. The summed E-state index contributed by atoms with van der Waals surface area (Å²) in [5.41, 5.74) is 5.85. The fourth-order valence-electron chi connectivity index (χ4n) is 2.01. The molecule has 1 aliphatic rings. The van der Waals surface area contributed by atoms with E-state index in [9.17, 15) is 13.5 Å². The van der Waals surface area contributed by atoms with Gasteiger partial charge in [-0.3, -0.25) is 0 Å². The summed E-state index contributed by atoms with van der Waals surface area (Å²) in [5, 5.41) is 9.53. The number of hydrogen-bond donors (Lipinski definition) is 2. The van der Waals surface area contributed by atoms with Gasteiger partial charge in [0, 0.05) is 13.1 Å². The van der Waals surface area contributed by atoms with Gasteiger partial charge >= 0.3 is 0 Å². The highest BCUT2D eigenvalue weighted by Gasteiger charge is 2.31. The van der Waals surface area contributed by atoms with Crippen molar-refractivity contribution in [3.8, 4) is 0 Å². The lowest BCUT2D eigenvalue weighted by Gasteiger charge is -2.29. The number of halogens is 1. The number of rotatable bonds is 2. The molecule has 3 N–H and O–H groups in total. The molecule has 1 aromatic carbocycles. The van der Waals surface area contributed by atoms with Gasteiger partial charge in [-0.2, -0.15) is 4.31 Å². The normalized spacial score (nSPS) is 19.0. The first-order valence-corrected chi connectivity index (χ1v) is 7.47. The Kier molecular flexibility index (Phi) is 3.82. The number of nitrogen functional groups attached to an aromatic ring is 1. The molecule has 1 saturated heterocycles. The van der Waals surface area contributed by atoms with E-state index in [1.807, 2.05) is 0 Å². The van der Waals surface area contributed by atoms with E-state index in [1.54, 1.807) is 6.07 Å². The van der Waals surface area contributed by atoms with Crippen LogP contribution in [0.25, 0.3) is 0 Å². The largest absolute Gasteiger partial charge is 0.398 e. The molecule has 0 radical (unpaired) electrons.